The lowest BCUT2D eigenvalue weighted by molar-refractivity contribution is 0.0417. The number of ether oxygens (including phenoxy) is 1. The molecule has 0 aliphatic carbocycles. The van der Waals surface area contributed by atoms with Gasteiger partial charge >= 0.3 is 0 Å². The molecule has 0 saturated heterocycles. The van der Waals surface area contributed by atoms with Gasteiger partial charge in [0.1, 0.15) is 0 Å². The fourth-order valence-corrected chi connectivity index (χ4v) is 1.86. The molecule has 20 heavy (non-hydrogen) atoms. The predicted molar refractivity (Wildman–Crippen MR) is 83.8 cm³/mol. The molecule has 0 amide bonds. The standard InChI is InChI=1S/C17H25NO2/c1-3-5-6-7-11-20-14-17(19)13-18-16-10-8-9-15(4-2)12-16/h2,8-10,12,17-19H,3,5-7,11,13-14H2,1H3. The van der Waals surface area contributed by atoms with E-state index in [2.05, 4.69) is 18.2 Å². The molecule has 1 aromatic rings. The summed E-state index contributed by atoms with van der Waals surface area (Å²) >= 11 is 0. The van der Waals surface area contributed by atoms with Gasteiger partial charge in [-0.2, -0.15) is 0 Å². The zero-order valence-corrected chi connectivity index (χ0v) is 12.3. The smallest absolute Gasteiger partial charge is 0.0945 e. The minimum Gasteiger partial charge on any atom is -0.389 e. The van der Waals surface area contributed by atoms with Gasteiger partial charge in [-0.3, -0.25) is 0 Å². The molecule has 0 spiro atoms. The van der Waals surface area contributed by atoms with E-state index in [9.17, 15) is 5.11 Å². The van der Waals surface area contributed by atoms with Crippen LogP contribution in [0.5, 0.6) is 0 Å². The summed E-state index contributed by atoms with van der Waals surface area (Å²) in [5.41, 5.74) is 1.75. The van der Waals surface area contributed by atoms with E-state index in [1.165, 1.54) is 19.3 Å². The highest BCUT2D eigenvalue weighted by Crippen LogP contribution is 2.09. The van der Waals surface area contributed by atoms with E-state index in [4.69, 9.17) is 11.2 Å². The van der Waals surface area contributed by atoms with Gasteiger partial charge in [0, 0.05) is 24.4 Å². The Morgan fingerprint density at radius 3 is 2.95 bits per heavy atom. The van der Waals surface area contributed by atoms with Gasteiger partial charge in [-0.15, -0.1) is 6.42 Å². The highest BCUT2D eigenvalue weighted by molar-refractivity contribution is 5.49. The first-order chi connectivity index (χ1) is 9.76. The number of rotatable bonds is 10. The molecule has 0 bridgehead atoms. The van der Waals surface area contributed by atoms with Gasteiger partial charge in [0.2, 0.25) is 0 Å². The molecule has 1 atom stereocenters. The van der Waals surface area contributed by atoms with Crippen LogP contribution in [0.4, 0.5) is 5.69 Å². The van der Waals surface area contributed by atoms with Crippen molar-refractivity contribution in [2.75, 3.05) is 25.1 Å². The number of nitrogens with one attached hydrogen (secondary N) is 1. The second kappa shape index (κ2) is 10.3. The molecular weight excluding hydrogens is 250 g/mol. The van der Waals surface area contributed by atoms with Crippen LogP contribution in [0.1, 0.15) is 38.2 Å². The number of hydrogen-bond acceptors (Lipinski definition) is 3. The third-order valence-corrected chi connectivity index (χ3v) is 3.02. The largest absolute Gasteiger partial charge is 0.389 e. The lowest BCUT2D eigenvalue weighted by atomic mass is 10.2. The number of terminal acetylenes is 1. The van der Waals surface area contributed by atoms with Crippen molar-refractivity contribution in [3.05, 3.63) is 29.8 Å². The van der Waals surface area contributed by atoms with Crippen LogP contribution in [0.3, 0.4) is 0 Å². The van der Waals surface area contributed by atoms with E-state index in [0.717, 1.165) is 24.3 Å². The fraction of sp³-hybridized carbons (Fsp3) is 0.529. The maximum absolute atomic E-state index is 9.81. The molecule has 0 fully saturated rings. The fourth-order valence-electron chi connectivity index (χ4n) is 1.86. The Balaban J connectivity index is 2.13. The number of benzene rings is 1. The van der Waals surface area contributed by atoms with Gasteiger partial charge in [0.05, 0.1) is 12.7 Å². The molecule has 1 unspecified atom stereocenters. The number of hydrogen-bond donors (Lipinski definition) is 2. The summed E-state index contributed by atoms with van der Waals surface area (Å²) in [4.78, 5) is 0. The van der Waals surface area contributed by atoms with Crippen molar-refractivity contribution in [2.24, 2.45) is 0 Å². The average Bonchev–Trinajstić information content (AvgIpc) is 2.49. The number of anilines is 1. The summed E-state index contributed by atoms with van der Waals surface area (Å²) in [5, 5.41) is 13.0. The molecule has 3 heteroatoms. The molecule has 0 heterocycles. The maximum atomic E-state index is 9.81. The zero-order chi connectivity index (χ0) is 14.6. The summed E-state index contributed by atoms with van der Waals surface area (Å²) in [6.45, 7) is 3.74. The number of aliphatic hydroxyl groups excluding tert-OH is 1. The Morgan fingerprint density at radius 2 is 2.20 bits per heavy atom. The average molecular weight is 275 g/mol. The van der Waals surface area contributed by atoms with Crippen LogP contribution >= 0.6 is 0 Å². The summed E-state index contributed by atoms with van der Waals surface area (Å²) in [6, 6.07) is 7.59. The third-order valence-electron chi connectivity index (χ3n) is 3.02. The summed E-state index contributed by atoms with van der Waals surface area (Å²) in [5.74, 6) is 2.59. The first kappa shape index (κ1) is 16.6. The molecule has 0 aliphatic rings. The van der Waals surface area contributed by atoms with Gasteiger partial charge in [0.15, 0.2) is 0 Å². The van der Waals surface area contributed by atoms with Crippen molar-refractivity contribution in [3.8, 4) is 12.3 Å². The van der Waals surface area contributed by atoms with Gasteiger partial charge in [-0.1, -0.05) is 38.2 Å². The van der Waals surface area contributed by atoms with Gasteiger partial charge in [-0.25, -0.2) is 0 Å². The Morgan fingerprint density at radius 1 is 1.35 bits per heavy atom. The maximum Gasteiger partial charge on any atom is 0.0945 e. The van der Waals surface area contributed by atoms with Crippen molar-refractivity contribution in [1.29, 1.82) is 0 Å². The molecule has 0 saturated carbocycles. The van der Waals surface area contributed by atoms with Crippen LogP contribution in [-0.2, 0) is 4.74 Å². The molecule has 2 N–H and O–H groups in total. The first-order valence-electron chi connectivity index (χ1n) is 7.32. The van der Waals surface area contributed by atoms with Crippen molar-refractivity contribution in [1.82, 2.24) is 0 Å². The van der Waals surface area contributed by atoms with E-state index in [0.29, 0.717) is 13.2 Å². The molecule has 110 valence electrons. The van der Waals surface area contributed by atoms with Crippen molar-refractivity contribution in [2.45, 2.75) is 38.7 Å². The van der Waals surface area contributed by atoms with Gasteiger partial charge in [-0.05, 0) is 24.6 Å². The third kappa shape index (κ3) is 7.18. The molecule has 3 nitrogen and oxygen atoms in total. The Kier molecular flexibility index (Phi) is 8.53. The van der Waals surface area contributed by atoms with Gasteiger partial charge < -0.3 is 15.2 Å². The lowest BCUT2D eigenvalue weighted by Gasteiger charge is -2.13. The molecule has 0 aromatic heterocycles. The topological polar surface area (TPSA) is 41.5 Å². The van der Waals surface area contributed by atoms with Gasteiger partial charge in [0.25, 0.3) is 0 Å². The Bertz CT molecular complexity index is 412. The molecule has 0 radical (unpaired) electrons. The Hall–Kier alpha value is -1.50. The second-order valence-corrected chi connectivity index (χ2v) is 4.90. The summed E-state index contributed by atoms with van der Waals surface area (Å²) in [7, 11) is 0. The van der Waals surface area contributed by atoms with E-state index >= 15 is 0 Å². The number of unbranched alkanes of at least 4 members (excludes halogenated alkanes) is 3. The SMILES string of the molecule is C#Cc1cccc(NCC(O)COCCCCCC)c1. The quantitative estimate of drug-likeness (QED) is 0.509. The summed E-state index contributed by atoms with van der Waals surface area (Å²) in [6.07, 6.45) is 9.58. The predicted octanol–water partition coefficient (Wildman–Crippen LogP) is 3.04. The minimum atomic E-state index is -0.504. The Labute approximate surface area is 122 Å². The number of aliphatic hydroxyl groups is 1. The lowest BCUT2D eigenvalue weighted by Crippen LogP contribution is -2.25. The molecular formula is C17H25NO2. The summed E-state index contributed by atoms with van der Waals surface area (Å²) < 4.78 is 5.45. The van der Waals surface area contributed by atoms with Crippen LogP contribution in [0.15, 0.2) is 24.3 Å². The zero-order valence-electron chi connectivity index (χ0n) is 12.3. The highest BCUT2D eigenvalue weighted by Gasteiger charge is 2.04. The van der Waals surface area contributed by atoms with Crippen LogP contribution < -0.4 is 5.32 Å². The molecule has 1 aromatic carbocycles. The monoisotopic (exact) mass is 275 g/mol. The second-order valence-electron chi connectivity index (χ2n) is 4.90. The van der Waals surface area contributed by atoms with Crippen molar-refractivity contribution >= 4 is 5.69 Å². The molecule has 1 rings (SSSR count). The molecule has 0 aliphatic heterocycles. The van der Waals surface area contributed by atoms with Crippen LogP contribution in [0.25, 0.3) is 0 Å². The minimum absolute atomic E-state index is 0.369. The van der Waals surface area contributed by atoms with Crippen LogP contribution in [0.2, 0.25) is 0 Å². The van der Waals surface area contributed by atoms with E-state index in [1.807, 2.05) is 24.3 Å². The first-order valence-corrected chi connectivity index (χ1v) is 7.32. The normalized spacial score (nSPS) is 11.8. The van der Waals surface area contributed by atoms with E-state index < -0.39 is 6.10 Å². The van der Waals surface area contributed by atoms with Crippen molar-refractivity contribution in [3.63, 3.8) is 0 Å². The van der Waals surface area contributed by atoms with E-state index in [-0.39, 0.29) is 0 Å². The highest BCUT2D eigenvalue weighted by atomic mass is 16.5. The van der Waals surface area contributed by atoms with Crippen molar-refractivity contribution < 1.29 is 9.84 Å². The van der Waals surface area contributed by atoms with E-state index in [1.54, 1.807) is 0 Å². The van der Waals surface area contributed by atoms with Crippen LogP contribution in [-0.4, -0.2) is 31.0 Å². The van der Waals surface area contributed by atoms with Crippen LogP contribution in [0, 0.1) is 12.3 Å².